The van der Waals surface area contributed by atoms with Gasteiger partial charge in [-0.2, -0.15) is 0 Å². The standard InChI is InChI=1S/C15H16O2/c16-14-9-5-4-8-13(14)10-11-15(17)12-6-2-1-3-7-12/h1-9,15-17H,10-11H2. The summed E-state index contributed by atoms with van der Waals surface area (Å²) in [5, 5.41) is 19.6. The van der Waals surface area contributed by atoms with Crippen LogP contribution in [0.15, 0.2) is 54.6 Å². The molecular weight excluding hydrogens is 212 g/mol. The van der Waals surface area contributed by atoms with E-state index in [9.17, 15) is 10.2 Å². The summed E-state index contributed by atoms with van der Waals surface area (Å²) < 4.78 is 0. The van der Waals surface area contributed by atoms with Crippen molar-refractivity contribution < 1.29 is 10.2 Å². The molecule has 0 spiro atoms. The Hall–Kier alpha value is -1.80. The third-order valence-corrected chi connectivity index (χ3v) is 2.86. The number of hydrogen-bond donors (Lipinski definition) is 2. The predicted molar refractivity (Wildman–Crippen MR) is 67.8 cm³/mol. The Bertz CT molecular complexity index is 465. The summed E-state index contributed by atoms with van der Waals surface area (Å²) in [7, 11) is 0. The number of hydrogen-bond acceptors (Lipinski definition) is 2. The lowest BCUT2D eigenvalue weighted by Crippen LogP contribution is -1.99. The molecule has 0 bridgehead atoms. The summed E-state index contributed by atoms with van der Waals surface area (Å²) >= 11 is 0. The van der Waals surface area contributed by atoms with Crippen molar-refractivity contribution in [1.82, 2.24) is 0 Å². The molecule has 0 radical (unpaired) electrons. The SMILES string of the molecule is Oc1ccccc1CCC(O)c1ccccc1. The van der Waals surface area contributed by atoms with E-state index in [4.69, 9.17) is 0 Å². The van der Waals surface area contributed by atoms with Crippen molar-refractivity contribution in [3.05, 3.63) is 65.7 Å². The van der Waals surface area contributed by atoms with Crippen molar-refractivity contribution in [2.24, 2.45) is 0 Å². The van der Waals surface area contributed by atoms with Crippen molar-refractivity contribution in [3.8, 4) is 5.75 Å². The van der Waals surface area contributed by atoms with E-state index in [1.807, 2.05) is 42.5 Å². The minimum Gasteiger partial charge on any atom is -0.508 e. The summed E-state index contributed by atoms with van der Waals surface area (Å²) in [6, 6.07) is 16.8. The van der Waals surface area contributed by atoms with Crippen LogP contribution in [0.2, 0.25) is 0 Å². The van der Waals surface area contributed by atoms with Crippen molar-refractivity contribution in [1.29, 1.82) is 0 Å². The fraction of sp³-hybridized carbons (Fsp3) is 0.200. The number of benzene rings is 2. The van der Waals surface area contributed by atoms with Crippen LogP contribution < -0.4 is 0 Å². The highest BCUT2D eigenvalue weighted by Gasteiger charge is 2.08. The maximum atomic E-state index is 9.99. The highest BCUT2D eigenvalue weighted by atomic mass is 16.3. The summed E-state index contributed by atoms with van der Waals surface area (Å²) in [4.78, 5) is 0. The van der Waals surface area contributed by atoms with Gasteiger partial charge in [-0.05, 0) is 30.0 Å². The molecule has 0 aliphatic heterocycles. The van der Waals surface area contributed by atoms with Gasteiger partial charge in [0.05, 0.1) is 6.10 Å². The molecule has 0 amide bonds. The molecule has 0 fully saturated rings. The van der Waals surface area contributed by atoms with Crippen LogP contribution in [0, 0.1) is 0 Å². The number of rotatable bonds is 4. The first kappa shape index (κ1) is 11.7. The van der Waals surface area contributed by atoms with E-state index in [1.54, 1.807) is 12.1 Å². The van der Waals surface area contributed by atoms with Gasteiger partial charge < -0.3 is 10.2 Å². The van der Waals surface area contributed by atoms with E-state index in [0.717, 1.165) is 11.1 Å². The second kappa shape index (κ2) is 5.51. The van der Waals surface area contributed by atoms with E-state index in [0.29, 0.717) is 18.6 Å². The Kier molecular flexibility index (Phi) is 3.78. The second-order valence-corrected chi connectivity index (χ2v) is 4.09. The summed E-state index contributed by atoms with van der Waals surface area (Å²) in [6.07, 6.45) is 0.806. The van der Waals surface area contributed by atoms with Gasteiger partial charge in [0.2, 0.25) is 0 Å². The van der Waals surface area contributed by atoms with Gasteiger partial charge in [-0.1, -0.05) is 48.5 Å². The zero-order valence-electron chi connectivity index (χ0n) is 9.58. The van der Waals surface area contributed by atoms with E-state index >= 15 is 0 Å². The highest BCUT2D eigenvalue weighted by molar-refractivity contribution is 5.32. The van der Waals surface area contributed by atoms with Gasteiger partial charge in [0.15, 0.2) is 0 Å². The van der Waals surface area contributed by atoms with Crippen molar-refractivity contribution in [2.75, 3.05) is 0 Å². The second-order valence-electron chi connectivity index (χ2n) is 4.09. The van der Waals surface area contributed by atoms with Crippen LogP contribution in [0.1, 0.15) is 23.7 Å². The molecule has 0 aliphatic rings. The monoisotopic (exact) mass is 228 g/mol. The molecule has 2 N–H and O–H groups in total. The molecule has 1 unspecified atom stereocenters. The van der Waals surface area contributed by atoms with Crippen LogP contribution in [0.3, 0.4) is 0 Å². The van der Waals surface area contributed by atoms with Crippen molar-refractivity contribution in [2.45, 2.75) is 18.9 Å². The Morgan fingerprint density at radius 2 is 1.53 bits per heavy atom. The first-order valence-corrected chi connectivity index (χ1v) is 5.77. The van der Waals surface area contributed by atoms with Crippen LogP contribution in [0.4, 0.5) is 0 Å². The zero-order valence-corrected chi connectivity index (χ0v) is 9.58. The van der Waals surface area contributed by atoms with Crippen LogP contribution in [-0.4, -0.2) is 10.2 Å². The van der Waals surface area contributed by atoms with E-state index < -0.39 is 6.10 Å². The molecule has 0 saturated carbocycles. The third-order valence-electron chi connectivity index (χ3n) is 2.86. The van der Waals surface area contributed by atoms with E-state index in [-0.39, 0.29) is 0 Å². The minimum atomic E-state index is -0.476. The molecule has 88 valence electrons. The molecule has 0 aliphatic carbocycles. The van der Waals surface area contributed by atoms with Gasteiger partial charge in [-0.25, -0.2) is 0 Å². The van der Waals surface area contributed by atoms with Gasteiger partial charge in [0.1, 0.15) is 5.75 Å². The fourth-order valence-electron chi connectivity index (χ4n) is 1.86. The largest absolute Gasteiger partial charge is 0.508 e. The average molecular weight is 228 g/mol. The van der Waals surface area contributed by atoms with Gasteiger partial charge in [-0.3, -0.25) is 0 Å². The molecule has 2 nitrogen and oxygen atoms in total. The Labute approximate surface area is 101 Å². The Morgan fingerprint density at radius 3 is 2.24 bits per heavy atom. The molecule has 2 rings (SSSR count). The molecule has 2 heteroatoms. The molecule has 0 aromatic heterocycles. The number of para-hydroxylation sites is 1. The van der Waals surface area contributed by atoms with Crippen molar-refractivity contribution in [3.63, 3.8) is 0 Å². The Morgan fingerprint density at radius 1 is 0.882 bits per heavy atom. The maximum absolute atomic E-state index is 9.99. The molecule has 1 atom stereocenters. The molecule has 0 heterocycles. The first-order chi connectivity index (χ1) is 8.27. The lowest BCUT2D eigenvalue weighted by molar-refractivity contribution is 0.167. The highest BCUT2D eigenvalue weighted by Crippen LogP contribution is 2.22. The average Bonchev–Trinajstić information content (AvgIpc) is 2.38. The number of aliphatic hydroxyl groups is 1. The zero-order chi connectivity index (χ0) is 12.1. The number of phenols is 1. The van der Waals surface area contributed by atoms with Crippen molar-refractivity contribution >= 4 is 0 Å². The van der Waals surface area contributed by atoms with Crippen LogP contribution in [0.5, 0.6) is 5.75 Å². The van der Waals surface area contributed by atoms with Gasteiger partial charge in [0, 0.05) is 0 Å². The quantitative estimate of drug-likeness (QED) is 0.844. The molecule has 17 heavy (non-hydrogen) atoms. The molecule has 2 aromatic rings. The molecule has 2 aromatic carbocycles. The topological polar surface area (TPSA) is 40.5 Å². The van der Waals surface area contributed by atoms with Crippen LogP contribution in [-0.2, 0) is 6.42 Å². The minimum absolute atomic E-state index is 0.299. The maximum Gasteiger partial charge on any atom is 0.118 e. The Balaban J connectivity index is 1.97. The van der Waals surface area contributed by atoms with Gasteiger partial charge >= 0.3 is 0 Å². The number of aryl methyl sites for hydroxylation is 1. The third kappa shape index (κ3) is 3.08. The summed E-state index contributed by atoms with van der Waals surface area (Å²) in [6.45, 7) is 0. The lowest BCUT2D eigenvalue weighted by atomic mass is 10.0. The van der Waals surface area contributed by atoms with Gasteiger partial charge in [-0.15, -0.1) is 0 Å². The van der Waals surface area contributed by atoms with Crippen LogP contribution >= 0.6 is 0 Å². The molecule has 0 saturated heterocycles. The summed E-state index contributed by atoms with van der Waals surface area (Å²) in [5.74, 6) is 0.299. The lowest BCUT2D eigenvalue weighted by Gasteiger charge is -2.11. The first-order valence-electron chi connectivity index (χ1n) is 5.77. The summed E-state index contributed by atoms with van der Waals surface area (Å²) in [5.41, 5.74) is 1.80. The number of phenolic OH excluding ortho intramolecular Hbond substituents is 1. The van der Waals surface area contributed by atoms with Crippen LogP contribution in [0.25, 0.3) is 0 Å². The normalized spacial score (nSPS) is 12.3. The number of aliphatic hydroxyl groups excluding tert-OH is 1. The molecular formula is C15H16O2. The van der Waals surface area contributed by atoms with Gasteiger partial charge in [0.25, 0.3) is 0 Å². The van der Waals surface area contributed by atoms with E-state index in [2.05, 4.69) is 0 Å². The number of aromatic hydroxyl groups is 1. The smallest absolute Gasteiger partial charge is 0.118 e. The predicted octanol–water partition coefficient (Wildman–Crippen LogP) is 3.06. The van der Waals surface area contributed by atoms with E-state index in [1.165, 1.54) is 0 Å². The fourth-order valence-corrected chi connectivity index (χ4v) is 1.86.